The maximum atomic E-state index is 11.5. The van der Waals surface area contributed by atoms with E-state index in [0.717, 1.165) is 25.9 Å². The number of piperidine rings is 1. The number of nitrogens with two attached hydrogens (primary N) is 1. The fourth-order valence-corrected chi connectivity index (χ4v) is 2.63. The van der Waals surface area contributed by atoms with E-state index < -0.39 is 0 Å². The highest BCUT2D eigenvalue weighted by molar-refractivity contribution is 5.77. The summed E-state index contributed by atoms with van der Waals surface area (Å²) in [6, 6.07) is 0.484. The molecule has 0 amide bonds. The van der Waals surface area contributed by atoms with Crippen LogP contribution in [0.15, 0.2) is 0 Å². The molecule has 0 aromatic heterocycles. The van der Waals surface area contributed by atoms with Crippen LogP contribution < -0.4 is 5.73 Å². The molecule has 2 saturated heterocycles. The molecule has 0 bridgehead atoms. The Morgan fingerprint density at radius 2 is 2.27 bits per heavy atom. The quantitative estimate of drug-likeness (QED) is 0.672. The Hall–Kier alpha value is -0.610. The summed E-state index contributed by atoms with van der Waals surface area (Å²) in [6.07, 6.45) is 3.18. The van der Waals surface area contributed by atoms with Gasteiger partial charge in [-0.15, -0.1) is 0 Å². The molecule has 4 nitrogen and oxygen atoms in total. The smallest absolute Gasteiger partial charge is 0.323 e. The number of carbonyl (C=O) groups is 1. The summed E-state index contributed by atoms with van der Waals surface area (Å²) < 4.78 is 5.02. The molecule has 0 spiro atoms. The van der Waals surface area contributed by atoms with Crippen molar-refractivity contribution in [3.05, 3.63) is 0 Å². The van der Waals surface area contributed by atoms with Crippen molar-refractivity contribution < 1.29 is 9.53 Å². The summed E-state index contributed by atoms with van der Waals surface area (Å²) >= 11 is 0. The van der Waals surface area contributed by atoms with Gasteiger partial charge in [-0.2, -0.15) is 0 Å². The first-order valence-corrected chi connectivity index (χ1v) is 5.85. The second-order valence-corrected chi connectivity index (χ2v) is 4.70. The molecule has 2 fully saturated rings. The van der Waals surface area contributed by atoms with E-state index in [1.54, 1.807) is 0 Å². The number of rotatable bonds is 2. The van der Waals surface area contributed by atoms with Crippen molar-refractivity contribution in [2.75, 3.05) is 19.7 Å². The number of ether oxygens (including phenoxy) is 1. The van der Waals surface area contributed by atoms with Crippen molar-refractivity contribution in [3.63, 3.8) is 0 Å². The summed E-state index contributed by atoms with van der Waals surface area (Å²) in [7, 11) is 0. The summed E-state index contributed by atoms with van der Waals surface area (Å²) in [5, 5.41) is 0. The third-order valence-corrected chi connectivity index (χ3v) is 3.67. The lowest BCUT2D eigenvalue weighted by molar-refractivity contribution is -0.143. The molecule has 2 heterocycles. The van der Waals surface area contributed by atoms with Crippen LogP contribution in [0.3, 0.4) is 0 Å². The fraction of sp³-hybridized carbons (Fsp3) is 0.909. The molecule has 3 atom stereocenters. The minimum absolute atomic E-state index is 0.00523. The number of cyclic esters (lactones) is 1. The molecule has 3 unspecified atom stereocenters. The summed E-state index contributed by atoms with van der Waals surface area (Å²) in [4.78, 5) is 13.8. The highest BCUT2D eigenvalue weighted by Crippen LogP contribution is 2.26. The van der Waals surface area contributed by atoms with Crippen LogP contribution in [0.1, 0.15) is 26.2 Å². The number of esters is 1. The van der Waals surface area contributed by atoms with Crippen LogP contribution in [0.4, 0.5) is 0 Å². The van der Waals surface area contributed by atoms with Gasteiger partial charge in [-0.1, -0.05) is 0 Å². The van der Waals surface area contributed by atoms with Crippen LogP contribution in [-0.4, -0.2) is 42.6 Å². The van der Waals surface area contributed by atoms with Gasteiger partial charge in [0.15, 0.2) is 0 Å². The third kappa shape index (κ3) is 2.16. The normalized spacial score (nSPS) is 38.0. The van der Waals surface area contributed by atoms with Gasteiger partial charge in [-0.3, -0.25) is 9.69 Å². The Morgan fingerprint density at radius 3 is 2.87 bits per heavy atom. The first kappa shape index (κ1) is 10.9. The van der Waals surface area contributed by atoms with Gasteiger partial charge in [0.05, 0.1) is 6.61 Å². The molecule has 0 aromatic carbocycles. The van der Waals surface area contributed by atoms with E-state index in [4.69, 9.17) is 10.5 Å². The lowest BCUT2D eigenvalue weighted by atomic mass is 9.92. The Balaban J connectivity index is 2.01. The largest absolute Gasteiger partial charge is 0.464 e. The monoisotopic (exact) mass is 212 g/mol. The standard InChI is InChI=1S/C11H20N2O2/c1-8-2-3-9(6-12)7-13(8)10-4-5-15-11(10)14/h8-10H,2-7,12H2,1H3. The number of nitrogens with zero attached hydrogens (tertiary/aromatic N) is 1. The lowest BCUT2D eigenvalue weighted by Crippen LogP contribution is -2.50. The average Bonchev–Trinajstić information content (AvgIpc) is 2.65. The first-order chi connectivity index (χ1) is 7.22. The van der Waals surface area contributed by atoms with E-state index in [0.29, 0.717) is 18.6 Å². The van der Waals surface area contributed by atoms with Crippen molar-refractivity contribution in [3.8, 4) is 0 Å². The molecule has 0 aromatic rings. The molecule has 2 rings (SSSR count). The first-order valence-electron chi connectivity index (χ1n) is 5.85. The lowest BCUT2D eigenvalue weighted by Gasteiger charge is -2.39. The van der Waals surface area contributed by atoms with E-state index in [1.165, 1.54) is 6.42 Å². The molecule has 15 heavy (non-hydrogen) atoms. The van der Waals surface area contributed by atoms with Crippen molar-refractivity contribution in [1.29, 1.82) is 0 Å². The third-order valence-electron chi connectivity index (χ3n) is 3.67. The number of likely N-dealkylation sites (tertiary alicyclic amines) is 1. The van der Waals surface area contributed by atoms with Gasteiger partial charge < -0.3 is 10.5 Å². The second-order valence-electron chi connectivity index (χ2n) is 4.70. The SMILES string of the molecule is CC1CCC(CN)CN1C1CCOC1=O. The van der Waals surface area contributed by atoms with Gasteiger partial charge in [-0.05, 0) is 32.2 Å². The van der Waals surface area contributed by atoms with Crippen molar-refractivity contribution in [2.24, 2.45) is 11.7 Å². The van der Waals surface area contributed by atoms with Gasteiger partial charge in [0.1, 0.15) is 6.04 Å². The van der Waals surface area contributed by atoms with Crippen LogP contribution in [-0.2, 0) is 9.53 Å². The Kier molecular flexibility index (Phi) is 3.26. The summed E-state index contributed by atoms with van der Waals surface area (Å²) in [5.41, 5.74) is 5.70. The maximum absolute atomic E-state index is 11.5. The van der Waals surface area contributed by atoms with E-state index in [9.17, 15) is 4.79 Å². The Morgan fingerprint density at radius 1 is 1.47 bits per heavy atom. The number of hydrogen-bond donors (Lipinski definition) is 1. The zero-order valence-corrected chi connectivity index (χ0v) is 9.32. The topological polar surface area (TPSA) is 55.6 Å². The van der Waals surface area contributed by atoms with E-state index in [1.807, 2.05) is 0 Å². The zero-order valence-electron chi connectivity index (χ0n) is 9.32. The summed E-state index contributed by atoms with van der Waals surface area (Å²) in [5.74, 6) is 0.508. The molecule has 2 N–H and O–H groups in total. The van der Waals surface area contributed by atoms with Crippen LogP contribution in [0.2, 0.25) is 0 Å². The van der Waals surface area contributed by atoms with Gasteiger partial charge >= 0.3 is 5.97 Å². The van der Waals surface area contributed by atoms with E-state index in [2.05, 4.69) is 11.8 Å². The zero-order chi connectivity index (χ0) is 10.8. The molecule has 0 saturated carbocycles. The van der Waals surface area contributed by atoms with E-state index >= 15 is 0 Å². The molecule has 2 aliphatic heterocycles. The molecular weight excluding hydrogens is 192 g/mol. The maximum Gasteiger partial charge on any atom is 0.323 e. The van der Waals surface area contributed by atoms with Gasteiger partial charge in [0, 0.05) is 19.0 Å². The van der Waals surface area contributed by atoms with Crippen LogP contribution >= 0.6 is 0 Å². The predicted octanol–water partition coefficient (Wildman–Crippen LogP) is 0.361. The minimum Gasteiger partial charge on any atom is -0.464 e. The molecule has 0 aliphatic carbocycles. The molecular formula is C11H20N2O2. The van der Waals surface area contributed by atoms with Crippen LogP contribution in [0, 0.1) is 5.92 Å². The average molecular weight is 212 g/mol. The molecule has 86 valence electrons. The highest BCUT2D eigenvalue weighted by atomic mass is 16.5. The molecule has 4 heteroatoms. The minimum atomic E-state index is -0.0421. The summed E-state index contributed by atoms with van der Waals surface area (Å²) in [6.45, 7) is 4.46. The highest BCUT2D eigenvalue weighted by Gasteiger charge is 2.37. The Labute approximate surface area is 90.8 Å². The van der Waals surface area contributed by atoms with Gasteiger partial charge in [0.25, 0.3) is 0 Å². The Bertz CT molecular complexity index is 245. The van der Waals surface area contributed by atoms with Crippen molar-refractivity contribution in [1.82, 2.24) is 4.90 Å². The van der Waals surface area contributed by atoms with Crippen molar-refractivity contribution in [2.45, 2.75) is 38.3 Å². The van der Waals surface area contributed by atoms with Crippen LogP contribution in [0.25, 0.3) is 0 Å². The second kappa shape index (κ2) is 4.49. The molecule has 2 aliphatic rings. The van der Waals surface area contributed by atoms with E-state index in [-0.39, 0.29) is 12.0 Å². The number of carbonyl (C=O) groups excluding carboxylic acids is 1. The van der Waals surface area contributed by atoms with Gasteiger partial charge in [0.2, 0.25) is 0 Å². The van der Waals surface area contributed by atoms with Crippen LogP contribution in [0.5, 0.6) is 0 Å². The predicted molar refractivity (Wildman–Crippen MR) is 57.3 cm³/mol. The fourth-order valence-electron chi connectivity index (χ4n) is 2.63. The number of hydrogen-bond acceptors (Lipinski definition) is 4. The molecule has 0 radical (unpaired) electrons. The van der Waals surface area contributed by atoms with Crippen molar-refractivity contribution >= 4 is 5.97 Å². The van der Waals surface area contributed by atoms with Gasteiger partial charge in [-0.25, -0.2) is 0 Å².